The zero-order valence-corrected chi connectivity index (χ0v) is 14.7. The van der Waals surface area contributed by atoms with Gasteiger partial charge in [0.2, 0.25) is 5.91 Å². The summed E-state index contributed by atoms with van der Waals surface area (Å²) >= 11 is 0. The molecule has 1 aromatic rings. The Kier molecular flexibility index (Phi) is 6.21. The van der Waals surface area contributed by atoms with Crippen molar-refractivity contribution in [1.29, 1.82) is 0 Å². The van der Waals surface area contributed by atoms with Gasteiger partial charge in [-0.15, -0.1) is 0 Å². The van der Waals surface area contributed by atoms with Crippen LogP contribution in [0.1, 0.15) is 24.2 Å². The van der Waals surface area contributed by atoms with E-state index in [1.165, 1.54) is 14.0 Å². The van der Waals surface area contributed by atoms with Gasteiger partial charge < -0.3 is 24.6 Å². The quantitative estimate of drug-likeness (QED) is 0.891. The van der Waals surface area contributed by atoms with Gasteiger partial charge in [0.25, 0.3) is 5.91 Å². The van der Waals surface area contributed by atoms with Crippen LogP contribution < -0.4 is 10.1 Å². The highest BCUT2D eigenvalue weighted by atomic mass is 16.6. The maximum Gasteiger partial charge on any atom is 0.409 e. The second-order valence-corrected chi connectivity index (χ2v) is 5.57. The molecular weight excluding hydrogens is 326 g/mol. The average Bonchev–Trinajstić information content (AvgIpc) is 2.61. The van der Waals surface area contributed by atoms with E-state index in [2.05, 4.69) is 5.32 Å². The highest BCUT2D eigenvalue weighted by molar-refractivity contribution is 5.98. The number of rotatable bonds is 4. The molecule has 136 valence electrons. The van der Waals surface area contributed by atoms with Crippen LogP contribution in [0, 0.1) is 0 Å². The summed E-state index contributed by atoms with van der Waals surface area (Å²) in [5, 5.41) is 2.65. The number of methoxy groups -OCH3 is 1. The van der Waals surface area contributed by atoms with Gasteiger partial charge in [-0.2, -0.15) is 0 Å². The topological polar surface area (TPSA) is 88.2 Å². The van der Waals surface area contributed by atoms with Gasteiger partial charge in [0.15, 0.2) is 0 Å². The fraction of sp³-hybridized carbons (Fsp3) is 0.471. The third-order valence-electron chi connectivity index (χ3n) is 3.85. The number of nitrogens with zero attached hydrogens (tertiary/aromatic N) is 2. The molecule has 0 radical (unpaired) electrons. The third-order valence-corrected chi connectivity index (χ3v) is 3.85. The van der Waals surface area contributed by atoms with Gasteiger partial charge in [-0.3, -0.25) is 9.59 Å². The zero-order valence-electron chi connectivity index (χ0n) is 14.7. The van der Waals surface area contributed by atoms with Gasteiger partial charge >= 0.3 is 6.09 Å². The second kappa shape index (κ2) is 8.36. The Morgan fingerprint density at radius 2 is 1.76 bits per heavy atom. The van der Waals surface area contributed by atoms with Crippen LogP contribution in [0.15, 0.2) is 18.2 Å². The van der Waals surface area contributed by atoms with Crippen molar-refractivity contribution in [2.24, 2.45) is 0 Å². The van der Waals surface area contributed by atoms with Gasteiger partial charge in [-0.05, 0) is 25.1 Å². The van der Waals surface area contributed by atoms with Crippen molar-refractivity contribution in [2.45, 2.75) is 13.8 Å². The summed E-state index contributed by atoms with van der Waals surface area (Å²) in [5.41, 5.74) is 0.903. The van der Waals surface area contributed by atoms with E-state index < -0.39 is 0 Å². The van der Waals surface area contributed by atoms with Gasteiger partial charge in [-0.1, -0.05) is 0 Å². The van der Waals surface area contributed by atoms with Crippen LogP contribution in [-0.2, 0) is 9.53 Å². The predicted octanol–water partition coefficient (Wildman–Crippen LogP) is 1.57. The lowest BCUT2D eigenvalue weighted by Gasteiger charge is -2.34. The summed E-state index contributed by atoms with van der Waals surface area (Å²) in [7, 11) is 1.50. The first-order valence-electron chi connectivity index (χ1n) is 8.12. The first kappa shape index (κ1) is 18.6. The molecule has 8 heteroatoms. The number of benzene rings is 1. The van der Waals surface area contributed by atoms with E-state index in [9.17, 15) is 14.4 Å². The number of amides is 3. The largest absolute Gasteiger partial charge is 0.495 e. The Labute approximate surface area is 146 Å². The van der Waals surface area contributed by atoms with Crippen molar-refractivity contribution >= 4 is 23.6 Å². The molecule has 1 saturated heterocycles. The Hall–Kier alpha value is -2.77. The van der Waals surface area contributed by atoms with Crippen molar-refractivity contribution in [3.63, 3.8) is 0 Å². The highest BCUT2D eigenvalue weighted by Gasteiger charge is 2.26. The summed E-state index contributed by atoms with van der Waals surface area (Å²) in [6.45, 7) is 5.20. The number of anilines is 1. The molecule has 0 bridgehead atoms. The first-order chi connectivity index (χ1) is 12.0. The molecule has 0 saturated carbocycles. The van der Waals surface area contributed by atoms with Crippen molar-refractivity contribution in [3.8, 4) is 5.75 Å². The van der Waals surface area contributed by atoms with E-state index in [1.807, 2.05) is 0 Å². The molecule has 25 heavy (non-hydrogen) atoms. The van der Waals surface area contributed by atoms with Crippen LogP contribution in [0.4, 0.5) is 10.5 Å². The molecule has 1 heterocycles. The van der Waals surface area contributed by atoms with Crippen LogP contribution in [0.2, 0.25) is 0 Å². The van der Waals surface area contributed by atoms with Crippen LogP contribution >= 0.6 is 0 Å². The molecule has 1 aromatic carbocycles. The van der Waals surface area contributed by atoms with Crippen molar-refractivity contribution < 1.29 is 23.9 Å². The summed E-state index contributed by atoms with van der Waals surface area (Å²) < 4.78 is 10.2. The SMILES string of the molecule is CCOC(=O)N1CCN(C(=O)c2ccc(OC)c(NC(C)=O)c2)CC1. The highest BCUT2D eigenvalue weighted by Crippen LogP contribution is 2.26. The average molecular weight is 349 g/mol. The first-order valence-corrected chi connectivity index (χ1v) is 8.12. The minimum Gasteiger partial charge on any atom is -0.495 e. The number of carbonyl (C=O) groups is 3. The molecule has 0 aromatic heterocycles. The van der Waals surface area contributed by atoms with E-state index >= 15 is 0 Å². The van der Waals surface area contributed by atoms with E-state index in [-0.39, 0.29) is 17.9 Å². The Balaban J connectivity index is 2.06. The second-order valence-electron chi connectivity index (χ2n) is 5.57. The number of nitrogens with one attached hydrogen (secondary N) is 1. The minimum atomic E-state index is -0.355. The van der Waals surface area contributed by atoms with Crippen molar-refractivity contribution in [3.05, 3.63) is 23.8 Å². The van der Waals surface area contributed by atoms with Gasteiger partial charge in [-0.25, -0.2) is 4.79 Å². The Bertz CT molecular complexity index is 654. The maximum atomic E-state index is 12.7. The molecule has 1 N–H and O–H groups in total. The predicted molar refractivity (Wildman–Crippen MR) is 91.8 cm³/mol. The molecule has 0 unspecified atom stereocenters. The molecule has 0 atom stereocenters. The lowest BCUT2D eigenvalue weighted by Crippen LogP contribution is -2.50. The summed E-state index contributed by atoms with van der Waals surface area (Å²) in [4.78, 5) is 39.0. The molecule has 8 nitrogen and oxygen atoms in total. The maximum absolute atomic E-state index is 12.7. The zero-order chi connectivity index (χ0) is 18.4. The third kappa shape index (κ3) is 4.62. The molecule has 0 aliphatic carbocycles. The fourth-order valence-electron chi connectivity index (χ4n) is 2.62. The van der Waals surface area contributed by atoms with E-state index in [1.54, 1.807) is 34.9 Å². The lowest BCUT2D eigenvalue weighted by atomic mass is 10.1. The van der Waals surface area contributed by atoms with E-state index in [4.69, 9.17) is 9.47 Å². The summed E-state index contributed by atoms with van der Waals surface area (Å²) in [5.74, 6) is 0.0857. The number of ether oxygens (including phenoxy) is 2. The minimum absolute atomic E-state index is 0.155. The van der Waals surface area contributed by atoms with E-state index in [0.29, 0.717) is 49.8 Å². The van der Waals surface area contributed by atoms with Gasteiger partial charge in [0.05, 0.1) is 19.4 Å². The number of piperazine rings is 1. The van der Waals surface area contributed by atoms with Crippen LogP contribution in [0.5, 0.6) is 5.75 Å². The van der Waals surface area contributed by atoms with E-state index in [0.717, 1.165) is 0 Å². The van der Waals surface area contributed by atoms with Crippen molar-refractivity contribution in [2.75, 3.05) is 45.2 Å². The van der Waals surface area contributed by atoms with Gasteiger partial charge in [0.1, 0.15) is 5.75 Å². The van der Waals surface area contributed by atoms with Crippen LogP contribution in [0.3, 0.4) is 0 Å². The molecule has 1 fully saturated rings. The summed E-state index contributed by atoms with van der Waals surface area (Å²) in [6, 6.07) is 4.90. The number of carbonyl (C=O) groups excluding carboxylic acids is 3. The van der Waals surface area contributed by atoms with Crippen molar-refractivity contribution in [1.82, 2.24) is 9.80 Å². The number of hydrogen-bond acceptors (Lipinski definition) is 5. The standard InChI is InChI=1S/C17H23N3O5/c1-4-25-17(23)20-9-7-19(8-10-20)16(22)13-5-6-15(24-3)14(11-13)18-12(2)21/h5-6,11H,4,7-10H2,1-3H3,(H,18,21). The normalized spacial score (nSPS) is 14.0. The summed E-state index contributed by atoms with van der Waals surface area (Å²) in [6.07, 6.45) is -0.355. The molecule has 2 rings (SSSR count). The molecule has 3 amide bonds. The van der Waals surface area contributed by atoms with Crippen LogP contribution in [0.25, 0.3) is 0 Å². The Morgan fingerprint density at radius 1 is 1.12 bits per heavy atom. The monoisotopic (exact) mass is 349 g/mol. The molecule has 1 aliphatic heterocycles. The lowest BCUT2D eigenvalue weighted by molar-refractivity contribution is -0.114. The number of hydrogen-bond donors (Lipinski definition) is 1. The van der Waals surface area contributed by atoms with Crippen LogP contribution in [-0.4, -0.2) is 67.6 Å². The smallest absolute Gasteiger partial charge is 0.409 e. The molecule has 0 spiro atoms. The fourth-order valence-corrected chi connectivity index (χ4v) is 2.62. The molecular formula is C17H23N3O5. The Morgan fingerprint density at radius 3 is 2.32 bits per heavy atom. The van der Waals surface area contributed by atoms with Gasteiger partial charge in [0, 0.05) is 38.7 Å². The molecule has 1 aliphatic rings.